The molecule has 1 heterocycles. The van der Waals surface area contributed by atoms with Gasteiger partial charge in [0.05, 0.1) is 16.6 Å². The van der Waals surface area contributed by atoms with Gasteiger partial charge in [0.1, 0.15) is 0 Å². The summed E-state index contributed by atoms with van der Waals surface area (Å²) in [5, 5.41) is 2.98. The van der Waals surface area contributed by atoms with E-state index in [9.17, 15) is 4.79 Å². The molecule has 3 rings (SSSR count). The van der Waals surface area contributed by atoms with Crippen molar-refractivity contribution in [3.63, 3.8) is 0 Å². The minimum absolute atomic E-state index is 0.00116. The molecule has 1 amide bonds. The molecule has 3 nitrogen and oxygen atoms in total. The molecule has 1 aromatic heterocycles. The Labute approximate surface area is 150 Å². The Hall–Kier alpha value is -1.85. The average Bonchev–Trinajstić information content (AvgIpc) is 2.97. The molecule has 24 heavy (non-hydrogen) atoms. The van der Waals surface area contributed by atoms with Crippen LogP contribution >= 0.6 is 23.1 Å². The standard InChI is InChI=1S/C19H20N2OS2/c1-12(2)14-6-4-13(5-7-14)10-18(22)20-15-8-9-16-17(11-15)24-19(21-16)23-3/h4-9,11-12H,10H2,1-3H3,(H,20,22). The van der Waals surface area contributed by atoms with Crippen molar-refractivity contribution in [3.05, 3.63) is 53.6 Å². The number of nitrogens with zero attached hydrogens (tertiary/aromatic N) is 1. The molecule has 0 saturated heterocycles. The summed E-state index contributed by atoms with van der Waals surface area (Å²) in [7, 11) is 0. The number of amides is 1. The number of benzene rings is 2. The van der Waals surface area contributed by atoms with Crippen molar-refractivity contribution in [2.24, 2.45) is 0 Å². The second-order valence-electron chi connectivity index (χ2n) is 5.99. The van der Waals surface area contributed by atoms with Crippen molar-refractivity contribution in [1.82, 2.24) is 4.98 Å². The van der Waals surface area contributed by atoms with E-state index in [0.29, 0.717) is 12.3 Å². The van der Waals surface area contributed by atoms with Crippen molar-refractivity contribution in [3.8, 4) is 0 Å². The highest BCUT2D eigenvalue weighted by molar-refractivity contribution is 8.00. The first-order valence-corrected chi connectivity index (χ1v) is 9.92. The maximum atomic E-state index is 12.3. The molecular weight excluding hydrogens is 336 g/mol. The van der Waals surface area contributed by atoms with Gasteiger partial charge in [-0.05, 0) is 41.5 Å². The summed E-state index contributed by atoms with van der Waals surface area (Å²) in [6.07, 6.45) is 2.40. The lowest BCUT2D eigenvalue weighted by Crippen LogP contribution is -2.14. The third-order valence-electron chi connectivity index (χ3n) is 3.84. The molecule has 0 radical (unpaired) electrons. The van der Waals surface area contributed by atoms with Crippen LogP contribution in [-0.2, 0) is 11.2 Å². The number of carbonyl (C=O) groups is 1. The average molecular weight is 357 g/mol. The van der Waals surface area contributed by atoms with Crippen LogP contribution in [0.1, 0.15) is 30.9 Å². The van der Waals surface area contributed by atoms with E-state index in [2.05, 4.69) is 36.3 Å². The first-order chi connectivity index (χ1) is 11.5. The van der Waals surface area contributed by atoms with E-state index in [0.717, 1.165) is 25.8 Å². The first-order valence-electron chi connectivity index (χ1n) is 7.88. The number of nitrogens with one attached hydrogen (secondary N) is 1. The summed E-state index contributed by atoms with van der Waals surface area (Å²) in [4.78, 5) is 16.8. The number of thiazole rings is 1. The molecule has 3 aromatic rings. The van der Waals surface area contributed by atoms with Gasteiger partial charge >= 0.3 is 0 Å². The third kappa shape index (κ3) is 3.97. The molecule has 2 aromatic carbocycles. The number of thioether (sulfide) groups is 1. The Morgan fingerprint density at radius 3 is 2.62 bits per heavy atom. The fourth-order valence-electron chi connectivity index (χ4n) is 2.48. The SMILES string of the molecule is CSc1nc2ccc(NC(=O)Cc3ccc(C(C)C)cc3)cc2s1. The zero-order chi connectivity index (χ0) is 17.1. The van der Waals surface area contributed by atoms with E-state index in [-0.39, 0.29) is 5.91 Å². The van der Waals surface area contributed by atoms with Crippen LogP contribution < -0.4 is 5.32 Å². The normalized spacial score (nSPS) is 11.2. The van der Waals surface area contributed by atoms with E-state index in [4.69, 9.17) is 0 Å². The molecule has 0 spiro atoms. The highest BCUT2D eigenvalue weighted by Gasteiger charge is 2.08. The number of anilines is 1. The summed E-state index contributed by atoms with van der Waals surface area (Å²) >= 11 is 3.29. The van der Waals surface area contributed by atoms with Crippen molar-refractivity contribution in [2.75, 3.05) is 11.6 Å². The van der Waals surface area contributed by atoms with E-state index >= 15 is 0 Å². The van der Waals surface area contributed by atoms with Crippen LogP contribution in [0.15, 0.2) is 46.8 Å². The molecule has 0 atom stereocenters. The van der Waals surface area contributed by atoms with Crippen molar-refractivity contribution < 1.29 is 4.79 Å². The number of aromatic nitrogens is 1. The monoisotopic (exact) mass is 356 g/mol. The molecule has 0 aliphatic heterocycles. The summed E-state index contributed by atoms with van der Waals surface area (Å²) in [6, 6.07) is 14.1. The summed E-state index contributed by atoms with van der Waals surface area (Å²) < 4.78 is 2.14. The fourth-order valence-corrected chi connectivity index (χ4v) is 4.01. The molecule has 124 valence electrons. The van der Waals surface area contributed by atoms with Gasteiger partial charge in [0.25, 0.3) is 0 Å². The van der Waals surface area contributed by atoms with Crippen LogP contribution in [0.4, 0.5) is 5.69 Å². The van der Waals surface area contributed by atoms with Gasteiger partial charge in [0.2, 0.25) is 5.91 Å². The van der Waals surface area contributed by atoms with Crippen molar-refractivity contribution in [1.29, 1.82) is 0 Å². The molecule has 0 unspecified atom stereocenters. The smallest absolute Gasteiger partial charge is 0.228 e. The van der Waals surface area contributed by atoms with Crippen molar-refractivity contribution in [2.45, 2.75) is 30.5 Å². The molecule has 1 N–H and O–H groups in total. The third-order valence-corrected chi connectivity index (χ3v) is 5.84. The van der Waals surface area contributed by atoms with E-state index < -0.39 is 0 Å². The van der Waals surface area contributed by atoms with Gasteiger partial charge in [-0.1, -0.05) is 49.9 Å². The second-order valence-corrected chi connectivity index (χ2v) is 8.07. The first kappa shape index (κ1) is 17.0. The highest BCUT2D eigenvalue weighted by Crippen LogP contribution is 2.30. The van der Waals surface area contributed by atoms with Gasteiger partial charge in [0, 0.05) is 5.69 Å². The summed E-state index contributed by atoms with van der Waals surface area (Å²) in [5.41, 5.74) is 4.12. The summed E-state index contributed by atoms with van der Waals surface area (Å²) in [6.45, 7) is 4.33. The fraction of sp³-hybridized carbons (Fsp3) is 0.263. The van der Waals surface area contributed by atoms with Crippen LogP contribution in [0.25, 0.3) is 10.2 Å². The lowest BCUT2D eigenvalue weighted by atomic mass is 10.0. The van der Waals surface area contributed by atoms with Gasteiger partial charge in [-0.3, -0.25) is 4.79 Å². The van der Waals surface area contributed by atoms with Gasteiger partial charge in [0.15, 0.2) is 4.34 Å². The molecule has 0 bridgehead atoms. The van der Waals surface area contributed by atoms with E-state index in [1.54, 1.807) is 23.1 Å². The van der Waals surface area contributed by atoms with Crippen LogP contribution in [0.5, 0.6) is 0 Å². The van der Waals surface area contributed by atoms with Crippen LogP contribution in [0.2, 0.25) is 0 Å². The van der Waals surface area contributed by atoms with Gasteiger partial charge in [-0.15, -0.1) is 11.3 Å². The molecule has 0 fully saturated rings. The van der Waals surface area contributed by atoms with E-state index in [1.165, 1.54) is 5.56 Å². The van der Waals surface area contributed by atoms with Gasteiger partial charge in [-0.2, -0.15) is 0 Å². The Balaban J connectivity index is 1.67. The number of rotatable bonds is 5. The Kier molecular flexibility index (Phi) is 5.21. The quantitative estimate of drug-likeness (QED) is 0.629. The predicted molar refractivity (Wildman–Crippen MR) is 104 cm³/mol. The van der Waals surface area contributed by atoms with Crippen LogP contribution in [-0.4, -0.2) is 17.1 Å². The zero-order valence-corrected chi connectivity index (χ0v) is 15.6. The van der Waals surface area contributed by atoms with Crippen molar-refractivity contribution >= 4 is 44.9 Å². The Morgan fingerprint density at radius 2 is 1.96 bits per heavy atom. The number of carbonyl (C=O) groups excluding carboxylic acids is 1. The summed E-state index contributed by atoms with van der Waals surface area (Å²) in [5.74, 6) is 0.506. The Morgan fingerprint density at radius 1 is 1.21 bits per heavy atom. The maximum absolute atomic E-state index is 12.3. The molecule has 0 saturated carbocycles. The zero-order valence-electron chi connectivity index (χ0n) is 14.0. The van der Waals surface area contributed by atoms with Gasteiger partial charge in [-0.25, -0.2) is 4.98 Å². The molecule has 0 aliphatic carbocycles. The minimum Gasteiger partial charge on any atom is -0.326 e. The maximum Gasteiger partial charge on any atom is 0.228 e. The second kappa shape index (κ2) is 7.36. The van der Waals surface area contributed by atoms with Crippen LogP contribution in [0, 0.1) is 0 Å². The number of fused-ring (bicyclic) bond motifs is 1. The highest BCUT2D eigenvalue weighted by atomic mass is 32.2. The van der Waals surface area contributed by atoms with E-state index in [1.807, 2.05) is 36.6 Å². The molecule has 0 aliphatic rings. The number of hydrogen-bond donors (Lipinski definition) is 1. The topological polar surface area (TPSA) is 42.0 Å². The molecule has 5 heteroatoms. The minimum atomic E-state index is 0.00116. The van der Waals surface area contributed by atoms with Gasteiger partial charge < -0.3 is 5.32 Å². The largest absolute Gasteiger partial charge is 0.326 e. The predicted octanol–water partition coefficient (Wildman–Crippen LogP) is 5.32. The number of hydrogen-bond acceptors (Lipinski definition) is 4. The molecular formula is C19H20N2OS2. The lowest BCUT2D eigenvalue weighted by molar-refractivity contribution is -0.115. The van der Waals surface area contributed by atoms with Crippen LogP contribution in [0.3, 0.4) is 0 Å². The Bertz CT molecular complexity index is 853. The lowest BCUT2D eigenvalue weighted by Gasteiger charge is -2.08.